The second kappa shape index (κ2) is 6.19. The maximum atomic E-state index is 13.4. The Morgan fingerprint density at radius 3 is 2.88 bits per heavy atom. The maximum absolute atomic E-state index is 13.4. The molecule has 8 nitrogen and oxygen atoms in total. The number of nitrogens with one attached hydrogen (secondary N) is 1. The first kappa shape index (κ1) is 15.6. The Labute approximate surface area is 144 Å². The highest BCUT2D eigenvalue weighted by molar-refractivity contribution is 5.88. The first-order valence-corrected chi connectivity index (χ1v) is 8.30. The molecule has 4 rings (SSSR count). The van der Waals surface area contributed by atoms with Gasteiger partial charge in [0.2, 0.25) is 12.7 Å². The second-order valence-corrected chi connectivity index (χ2v) is 6.17. The molecular formula is C17H19N5O3. The molecule has 1 aromatic heterocycles. The Bertz CT molecular complexity index is 795. The third-order valence-corrected chi connectivity index (χ3v) is 4.79. The number of carbonyl (C=O) groups is 1. The Kier molecular flexibility index (Phi) is 3.87. The van der Waals surface area contributed by atoms with Gasteiger partial charge in [0.1, 0.15) is 5.41 Å². The van der Waals surface area contributed by atoms with Crippen molar-refractivity contribution in [3.8, 4) is 11.5 Å². The van der Waals surface area contributed by atoms with Crippen LogP contribution in [0, 0.1) is 0 Å². The van der Waals surface area contributed by atoms with Crippen LogP contribution in [0.15, 0.2) is 30.4 Å². The number of nitrogens with zero attached hydrogens (tertiary/aromatic N) is 4. The molecule has 0 atom stereocenters. The van der Waals surface area contributed by atoms with E-state index in [2.05, 4.69) is 20.6 Å². The summed E-state index contributed by atoms with van der Waals surface area (Å²) in [5, 5.41) is 14.3. The molecule has 1 N–H and O–H groups in total. The molecule has 130 valence electrons. The average Bonchev–Trinajstić information content (AvgIpc) is 3.40. The number of tetrazole rings is 1. The summed E-state index contributed by atoms with van der Waals surface area (Å²) < 4.78 is 11.0. The second-order valence-electron chi connectivity index (χ2n) is 6.17. The monoisotopic (exact) mass is 341 g/mol. The number of aromatic nitrogens is 4. The number of allylic oxidation sites excluding steroid dienone is 2. The van der Waals surface area contributed by atoms with Gasteiger partial charge in [-0.05, 0) is 25.8 Å². The molecule has 0 bridgehead atoms. The maximum Gasteiger partial charge on any atom is 0.237 e. The molecule has 1 aliphatic carbocycles. The van der Waals surface area contributed by atoms with Gasteiger partial charge in [0, 0.05) is 18.7 Å². The van der Waals surface area contributed by atoms with Gasteiger partial charge >= 0.3 is 0 Å². The van der Waals surface area contributed by atoms with Gasteiger partial charge in [-0.25, -0.2) is 0 Å². The summed E-state index contributed by atoms with van der Waals surface area (Å²) in [7, 11) is 0. The minimum absolute atomic E-state index is 0.00193. The van der Waals surface area contributed by atoms with E-state index in [0.29, 0.717) is 37.5 Å². The number of hydrogen-bond donors (Lipinski definition) is 1. The van der Waals surface area contributed by atoms with E-state index in [1.165, 1.54) is 0 Å². The molecule has 0 spiro atoms. The summed E-state index contributed by atoms with van der Waals surface area (Å²) in [6, 6.07) is 5.73. The molecule has 1 aliphatic heterocycles. The van der Waals surface area contributed by atoms with Gasteiger partial charge in [0.15, 0.2) is 17.3 Å². The highest BCUT2D eigenvalue weighted by atomic mass is 16.7. The zero-order valence-corrected chi connectivity index (χ0v) is 13.9. The van der Waals surface area contributed by atoms with Crippen molar-refractivity contribution in [3.05, 3.63) is 41.7 Å². The number of carbonyl (C=O) groups excluding carboxylic acids is 1. The van der Waals surface area contributed by atoms with E-state index in [1.54, 1.807) is 4.90 Å². The summed E-state index contributed by atoms with van der Waals surface area (Å²) in [5.41, 5.74) is 0.151. The minimum atomic E-state index is -0.779. The Morgan fingerprint density at radius 1 is 1.32 bits per heavy atom. The number of amides is 1. The van der Waals surface area contributed by atoms with Crippen LogP contribution in [0.1, 0.15) is 31.2 Å². The predicted octanol–water partition coefficient (Wildman–Crippen LogP) is 1.56. The Balaban J connectivity index is 1.63. The SMILES string of the molecule is CCN(Cc1cccc2c1OCO2)C(=O)C1(c2nn[nH]n2)CC=CC1. The molecule has 2 aliphatic rings. The molecule has 2 heterocycles. The lowest BCUT2D eigenvalue weighted by Gasteiger charge is -2.31. The highest BCUT2D eigenvalue weighted by Crippen LogP contribution is 2.39. The summed E-state index contributed by atoms with van der Waals surface area (Å²) in [4.78, 5) is 15.2. The number of aromatic amines is 1. The lowest BCUT2D eigenvalue weighted by Crippen LogP contribution is -2.46. The van der Waals surface area contributed by atoms with Gasteiger partial charge < -0.3 is 14.4 Å². The Hall–Kier alpha value is -2.90. The van der Waals surface area contributed by atoms with Crippen molar-refractivity contribution in [2.45, 2.75) is 31.7 Å². The van der Waals surface area contributed by atoms with Crippen molar-refractivity contribution in [1.29, 1.82) is 0 Å². The van der Waals surface area contributed by atoms with E-state index in [1.807, 2.05) is 37.3 Å². The standard InChI is InChI=1S/C17H19N5O3/c1-2-22(10-12-6-5-7-13-14(12)25-11-24-13)16(23)17(8-3-4-9-17)15-18-20-21-19-15/h3-7H,2,8-11H2,1H3,(H,18,19,20,21). The van der Waals surface area contributed by atoms with E-state index < -0.39 is 5.41 Å². The van der Waals surface area contributed by atoms with Gasteiger partial charge in [0.05, 0.1) is 0 Å². The summed E-state index contributed by atoms with van der Waals surface area (Å²) in [6.45, 7) is 3.19. The van der Waals surface area contributed by atoms with Crippen molar-refractivity contribution in [2.24, 2.45) is 0 Å². The summed E-state index contributed by atoms with van der Waals surface area (Å²) >= 11 is 0. The number of H-pyrrole nitrogens is 1. The first-order valence-electron chi connectivity index (χ1n) is 8.30. The van der Waals surface area contributed by atoms with Gasteiger partial charge in [-0.2, -0.15) is 5.21 Å². The number of para-hydroxylation sites is 1. The topological polar surface area (TPSA) is 93.2 Å². The fourth-order valence-electron chi connectivity index (χ4n) is 3.42. The molecule has 0 unspecified atom stereocenters. The van der Waals surface area contributed by atoms with Crippen LogP contribution >= 0.6 is 0 Å². The van der Waals surface area contributed by atoms with Crippen molar-refractivity contribution >= 4 is 5.91 Å². The quantitative estimate of drug-likeness (QED) is 0.830. The van der Waals surface area contributed by atoms with Crippen LogP contribution < -0.4 is 9.47 Å². The fourth-order valence-corrected chi connectivity index (χ4v) is 3.42. The van der Waals surface area contributed by atoms with E-state index in [4.69, 9.17) is 9.47 Å². The smallest absolute Gasteiger partial charge is 0.237 e. The van der Waals surface area contributed by atoms with Gasteiger partial charge in [-0.1, -0.05) is 29.5 Å². The predicted molar refractivity (Wildman–Crippen MR) is 87.9 cm³/mol. The zero-order chi connectivity index (χ0) is 17.3. The van der Waals surface area contributed by atoms with Gasteiger partial charge in [0.25, 0.3) is 0 Å². The average molecular weight is 341 g/mol. The molecule has 0 fully saturated rings. The molecule has 0 radical (unpaired) electrons. The lowest BCUT2D eigenvalue weighted by atomic mass is 9.82. The number of fused-ring (bicyclic) bond motifs is 1. The van der Waals surface area contributed by atoms with Crippen LogP contribution in [-0.2, 0) is 16.8 Å². The first-order chi connectivity index (χ1) is 12.2. The highest BCUT2D eigenvalue weighted by Gasteiger charge is 2.46. The number of hydrogen-bond acceptors (Lipinski definition) is 6. The number of rotatable bonds is 5. The molecule has 0 saturated heterocycles. The normalized spacial score (nSPS) is 17.0. The molecule has 1 aromatic carbocycles. The van der Waals surface area contributed by atoms with Crippen molar-refractivity contribution in [1.82, 2.24) is 25.5 Å². The molecule has 25 heavy (non-hydrogen) atoms. The lowest BCUT2D eigenvalue weighted by molar-refractivity contribution is -0.138. The third-order valence-electron chi connectivity index (χ3n) is 4.79. The van der Waals surface area contributed by atoms with Crippen molar-refractivity contribution in [3.63, 3.8) is 0 Å². The van der Waals surface area contributed by atoms with E-state index in [-0.39, 0.29) is 12.7 Å². The van der Waals surface area contributed by atoms with Crippen molar-refractivity contribution in [2.75, 3.05) is 13.3 Å². The zero-order valence-electron chi connectivity index (χ0n) is 13.9. The van der Waals surface area contributed by atoms with Crippen LogP contribution in [-0.4, -0.2) is 44.8 Å². The molecule has 2 aromatic rings. The number of ether oxygens (including phenoxy) is 2. The van der Waals surface area contributed by atoms with Crippen LogP contribution in [0.5, 0.6) is 11.5 Å². The van der Waals surface area contributed by atoms with Gasteiger partial charge in [-0.15, -0.1) is 10.2 Å². The summed E-state index contributed by atoms with van der Waals surface area (Å²) in [6.07, 6.45) is 5.15. The van der Waals surface area contributed by atoms with Crippen LogP contribution in [0.25, 0.3) is 0 Å². The molecule has 0 saturated carbocycles. The molecular weight excluding hydrogens is 322 g/mol. The van der Waals surface area contributed by atoms with Crippen LogP contribution in [0.3, 0.4) is 0 Å². The van der Waals surface area contributed by atoms with Crippen LogP contribution in [0.4, 0.5) is 0 Å². The largest absolute Gasteiger partial charge is 0.454 e. The van der Waals surface area contributed by atoms with Crippen LogP contribution in [0.2, 0.25) is 0 Å². The summed E-state index contributed by atoms with van der Waals surface area (Å²) in [5.74, 6) is 1.88. The van der Waals surface area contributed by atoms with Gasteiger partial charge in [-0.3, -0.25) is 4.79 Å². The minimum Gasteiger partial charge on any atom is -0.454 e. The Morgan fingerprint density at radius 2 is 2.16 bits per heavy atom. The van der Waals surface area contributed by atoms with E-state index >= 15 is 0 Å². The third kappa shape index (κ3) is 2.54. The molecule has 1 amide bonds. The number of benzene rings is 1. The molecule has 8 heteroatoms. The van der Waals surface area contributed by atoms with E-state index in [0.717, 1.165) is 11.3 Å². The van der Waals surface area contributed by atoms with Crippen molar-refractivity contribution < 1.29 is 14.3 Å². The fraction of sp³-hybridized carbons (Fsp3) is 0.412. The number of likely N-dealkylation sites (N-methyl/N-ethyl adjacent to an activating group) is 1. The van der Waals surface area contributed by atoms with E-state index in [9.17, 15) is 4.79 Å².